The summed E-state index contributed by atoms with van der Waals surface area (Å²) in [4.78, 5) is 66.3. The predicted octanol–water partition coefficient (Wildman–Crippen LogP) is 4.06. The van der Waals surface area contributed by atoms with E-state index in [1.54, 1.807) is 79.7 Å². The summed E-state index contributed by atoms with van der Waals surface area (Å²) in [6.45, 7) is 1.54. The number of esters is 3. The van der Waals surface area contributed by atoms with Gasteiger partial charge in [-0.3, -0.25) is 14.5 Å². The van der Waals surface area contributed by atoms with Crippen molar-refractivity contribution in [1.82, 2.24) is 10.2 Å². The zero-order chi connectivity index (χ0) is 29.8. The fraction of sp³-hybridized carbons (Fsp3) is 0.129. The Kier molecular flexibility index (Phi) is 8.21. The molecule has 0 spiro atoms. The number of benzene rings is 3. The van der Waals surface area contributed by atoms with Crippen LogP contribution in [0.15, 0.2) is 107 Å². The lowest BCUT2D eigenvalue weighted by Gasteiger charge is -2.49. The molecule has 11 heteroatoms. The SMILES string of the molecule is COc1ccc(C(=O)OC(=O)C2=C(C)C(=COC(=O)c3ccccc3)S[C@H]3C(NC(=O)c4ccccc4)C(=O)N23)cc1. The molecule has 0 saturated carbocycles. The molecule has 2 amide bonds. The average molecular weight is 585 g/mol. The van der Waals surface area contributed by atoms with Crippen LogP contribution in [0, 0.1) is 0 Å². The highest BCUT2D eigenvalue weighted by Crippen LogP contribution is 2.46. The second kappa shape index (κ2) is 12.1. The van der Waals surface area contributed by atoms with E-state index in [1.165, 1.54) is 30.4 Å². The highest BCUT2D eigenvalue weighted by Gasteiger charge is 2.55. The first-order valence-corrected chi connectivity index (χ1v) is 13.6. The van der Waals surface area contributed by atoms with E-state index in [2.05, 4.69) is 5.32 Å². The first-order chi connectivity index (χ1) is 20.3. The molecule has 212 valence electrons. The summed E-state index contributed by atoms with van der Waals surface area (Å²) < 4.78 is 15.6. The van der Waals surface area contributed by atoms with E-state index in [9.17, 15) is 24.0 Å². The summed E-state index contributed by atoms with van der Waals surface area (Å²) in [5, 5.41) is 1.94. The smallest absolute Gasteiger partial charge is 0.363 e. The molecule has 2 aliphatic heterocycles. The van der Waals surface area contributed by atoms with Gasteiger partial charge in [0, 0.05) is 5.56 Å². The number of carbonyl (C=O) groups excluding carboxylic acids is 5. The van der Waals surface area contributed by atoms with Crippen LogP contribution < -0.4 is 10.1 Å². The summed E-state index contributed by atoms with van der Waals surface area (Å²) in [7, 11) is 1.48. The first-order valence-electron chi connectivity index (χ1n) is 12.7. The Labute approximate surface area is 244 Å². The molecule has 1 N–H and O–H groups in total. The van der Waals surface area contributed by atoms with Crippen molar-refractivity contribution in [3.8, 4) is 5.75 Å². The summed E-state index contributed by atoms with van der Waals surface area (Å²) in [6, 6.07) is 21.7. The molecule has 2 aliphatic rings. The van der Waals surface area contributed by atoms with Crippen molar-refractivity contribution in [3.05, 3.63) is 124 Å². The molecule has 42 heavy (non-hydrogen) atoms. The summed E-state index contributed by atoms with van der Waals surface area (Å²) >= 11 is 1.13. The molecular formula is C31H24N2O8S. The third-order valence-corrected chi connectivity index (χ3v) is 7.95. The van der Waals surface area contributed by atoms with Crippen LogP contribution in [-0.4, -0.2) is 53.1 Å². The van der Waals surface area contributed by atoms with Gasteiger partial charge in [0.15, 0.2) is 0 Å². The molecule has 0 aromatic heterocycles. The lowest BCUT2D eigenvalue weighted by Crippen LogP contribution is -2.70. The minimum atomic E-state index is -1.07. The largest absolute Gasteiger partial charge is 0.497 e. The Morgan fingerprint density at radius 1 is 0.810 bits per heavy atom. The number of ether oxygens (including phenoxy) is 3. The van der Waals surface area contributed by atoms with Gasteiger partial charge in [0.25, 0.3) is 11.8 Å². The number of amides is 2. The van der Waals surface area contributed by atoms with E-state index in [0.717, 1.165) is 11.8 Å². The molecule has 3 aromatic rings. The van der Waals surface area contributed by atoms with Crippen molar-refractivity contribution in [2.45, 2.75) is 18.3 Å². The highest BCUT2D eigenvalue weighted by molar-refractivity contribution is 8.04. The zero-order valence-electron chi connectivity index (χ0n) is 22.4. The Morgan fingerprint density at radius 3 is 2.02 bits per heavy atom. The van der Waals surface area contributed by atoms with Crippen LogP contribution in [0.5, 0.6) is 5.75 Å². The Morgan fingerprint density at radius 2 is 1.40 bits per heavy atom. The van der Waals surface area contributed by atoms with Crippen molar-refractivity contribution < 1.29 is 38.2 Å². The lowest BCUT2D eigenvalue weighted by atomic mass is 10.0. The van der Waals surface area contributed by atoms with Crippen LogP contribution in [0.1, 0.15) is 38.0 Å². The molecule has 10 nitrogen and oxygen atoms in total. The molecule has 1 saturated heterocycles. The van der Waals surface area contributed by atoms with Crippen LogP contribution in [-0.2, 0) is 19.1 Å². The topological polar surface area (TPSA) is 128 Å². The minimum Gasteiger partial charge on any atom is -0.497 e. The summed E-state index contributed by atoms with van der Waals surface area (Å²) in [5.74, 6) is -3.14. The van der Waals surface area contributed by atoms with Gasteiger partial charge in [-0.1, -0.05) is 48.2 Å². The van der Waals surface area contributed by atoms with Crippen LogP contribution in [0.25, 0.3) is 0 Å². The van der Waals surface area contributed by atoms with Crippen molar-refractivity contribution in [1.29, 1.82) is 0 Å². The molecular weight excluding hydrogens is 560 g/mol. The lowest BCUT2D eigenvalue weighted by molar-refractivity contribution is -0.149. The number of hydrogen-bond acceptors (Lipinski definition) is 9. The van der Waals surface area contributed by atoms with Crippen molar-refractivity contribution in [2.75, 3.05) is 7.11 Å². The van der Waals surface area contributed by atoms with Gasteiger partial charge in [0.1, 0.15) is 29.1 Å². The van der Waals surface area contributed by atoms with Crippen LogP contribution in [0.3, 0.4) is 0 Å². The van der Waals surface area contributed by atoms with E-state index in [4.69, 9.17) is 14.2 Å². The van der Waals surface area contributed by atoms with E-state index in [1.807, 2.05) is 0 Å². The number of hydrogen-bond donors (Lipinski definition) is 1. The second-order valence-electron chi connectivity index (χ2n) is 9.17. The summed E-state index contributed by atoms with van der Waals surface area (Å²) in [5.41, 5.74) is 0.826. The Hall–Kier alpha value is -5.16. The van der Waals surface area contributed by atoms with Crippen LogP contribution in [0.4, 0.5) is 0 Å². The maximum Gasteiger partial charge on any atom is 0.363 e. The maximum absolute atomic E-state index is 13.4. The van der Waals surface area contributed by atoms with Crippen molar-refractivity contribution in [2.24, 2.45) is 0 Å². The molecule has 0 aliphatic carbocycles. The number of rotatable bonds is 7. The van der Waals surface area contributed by atoms with E-state index < -0.39 is 41.1 Å². The number of thioether (sulfide) groups is 1. The van der Waals surface area contributed by atoms with E-state index in [0.29, 0.717) is 21.8 Å². The number of nitrogens with one attached hydrogen (secondary N) is 1. The first kappa shape index (κ1) is 28.4. The van der Waals surface area contributed by atoms with Gasteiger partial charge in [0.05, 0.1) is 23.1 Å². The molecule has 1 unspecified atom stereocenters. The van der Waals surface area contributed by atoms with Gasteiger partial charge in [-0.15, -0.1) is 0 Å². The quantitative estimate of drug-likeness (QED) is 0.189. The van der Waals surface area contributed by atoms with E-state index >= 15 is 0 Å². The monoisotopic (exact) mass is 584 g/mol. The Bertz CT molecular complexity index is 1620. The zero-order valence-corrected chi connectivity index (χ0v) is 23.3. The Balaban J connectivity index is 1.42. The standard InChI is InChI=1S/C31H24N2O8S/c1-18-23(17-40-29(36)20-11-7-4-8-12-20)42-28-24(32-26(34)19-9-5-3-6-10-19)27(35)33(28)25(18)31(38)41-30(37)21-13-15-22(39-2)16-14-21/h3-17,24,28H,1-2H3,(H,32,34)/t24?,28-/m0/s1. The molecule has 1 fully saturated rings. The van der Waals surface area contributed by atoms with Gasteiger partial charge in [-0.05, 0) is 61.0 Å². The molecule has 2 atom stereocenters. The average Bonchev–Trinajstić information content (AvgIpc) is 3.03. The van der Waals surface area contributed by atoms with Crippen LogP contribution >= 0.6 is 11.8 Å². The number of β-lactam (4-membered cyclic amide) rings is 1. The number of nitrogens with zero attached hydrogens (tertiary/aromatic N) is 1. The van der Waals surface area contributed by atoms with Gasteiger partial charge < -0.3 is 19.5 Å². The minimum absolute atomic E-state index is 0.0969. The number of carbonyl (C=O) groups is 5. The fourth-order valence-electron chi connectivity index (χ4n) is 4.32. The molecule has 5 rings (SSSR count). The molecule has 0 bridgehead atoms. The number of fused-ring (bicyclic) bond motifs is 1. The third-order valence-electron chi connectivity index (χ3n) is 6.57. The third kappa shape index (κ3) is 5.68. The second-order valence-corrected chi connectivity index (χ2v) is 10.3. The highest BCUT2D eigenvalue weighted by atomic mass is 32.2. The van der Waals surface area contributed by atoms with Gasteiger partial charge >= 0.3 is 17.9 Å². The van der Waals surface area contributed by atoms with Crippen LogP contribution in [0.2, 0.25) is 0 Å². The normalized spacial score (nSPS) is 18.5. The number of methoxy groups -OCH3 is 1. The molecule has 2 heterocycles. The van der Waals surface area contributed by atoms with E-state index in [-0.39, 0.29) is 16.8 Å². The van der Waals surface area contributed by atoms with Crippen molar-refractivity contribution in [3.63, 3.8) is 0 Å². The predicted molar refractivity (Wildman–Crippen MR) is 152 cm³/mol. The molecule has 3 aromatic carbocycles. The fourth-order valence-corrected chi connectivity index (χ4v) is 5.59. The summed E-state index contributed by atoms with van der Waals surface area (Å²) in [6.07, 6.45) is 1.18. The van der Waals surface area contributed by atoms with Gasteiger partial charge in [-0.2, -0.15) is 0 Å². The molecule has 0 radical (unpaired) electrons. The maximum atomic E-state index is 13.4. The van der Waals surface area contributed by atoms with Gasteiger partial charge in [0.2, 0.25) is 0 Å². The van der Waals surface area contributed by atoms with Gasteiger partial charge in [-0.25, -0.2) is 14.4 Å². The number of allylic oxidation sites excluding steroid dienone is 1. The van der Waals surface area contributed by atoms with Crippen molar-refractivity contribution >= 4 is 41.5 Å².